The van der Waals surface area contributed by atoms with Crippen LogP contribution in [0.25, 0.3) is 10.8 Å². The maximum Gasteiger partial charge on any atom is 0.318 e. The summed E-state index contributed by atoms with van der Waals surface area (Å²) >= 11 is 0. The highest BCUT2D eigenvalue weighted by molar-refractivity contribution is 5.87. The summed E-state index contributed by atoms with van der Waals surface area (Å²) in [7, 11) is 1.58. The molecule has 0 radical (unpaired) electrons. The molecule has 1 aliphatic rings. The summed E-state index contributed by atoms with van der Waals surface area (Å²) in [5.74, 6) is -0.304. The van der Waals surface area contributed by atoms with E-state index < -0.39 is 16.3 Å². The third kappa shape index (κ3) is 3.13. The summed E-state index contributed by atoms with van der Waals surface area (Å²) in [4.78, 5) is 11.5. The van der Waals surface area contributed by atoms with Gasteiger partial charge in [0.25, 0.3) is 5.88 Å². The van der Waals surface area contributed by atoms with E-state index >= 15 is 0 Å². The Kier molecular flexibility index (Phi) is 4.63. The van der Waals surface area contributed by atoms with Gasteiger partial charge >= 0.3 is 5.70 Å². The van der Waals surface area contributed by atoms with Crippen LogP contribution in [0.4, 0.5) is 0 Å². The second kappa shape index (κ2) is 6.76. The van der Waals surface area contributed by atoms with Crippen LogP contribution in [0.5, 0.6) is 0 Å². The number of rotatable bonds is 3. The number of allylic oxidation sites excluding steroid dienone is 2. The minimum atomic E-state index is -0.818. The molecule has 0 spiro atoms. The van der Waals surface area contributed by atoms with Crippen molar-refractivity contribution in [1.29, 1.82) is 5.26 Å². The average Bonchev–Trinajstić information content (AvgIpc) is 2.64. The van der Waals surface area contributed by atoms with Crippen molar-refractivity contribution in [2.75, 3.05) is 7.05 Å². The summed E-state index contributed by atoms with van der Waals surface area (Å²) < 4.78 is 5.83. The van der Waals surface area contributed by atoms with Gasteiger partial charge in [-0.2, -0.15) is 5.26 Å². The van der Waals surface area contributed by atoms with Gasteiger partial charge in [0.1, 0.15) is 11.7 Å². The first-order valence-electron chi connectivity index (χ1n) is 8.66. The molecular formula is C21H21N3O3. The fourth-order valence-corrected chi connectivity index (χ4v) is 3.45. The van der Waals surface area contributed by atoms with Crippen molar-refractivity contribution >= 4 is 10.8 Å². The molecule has 1 aliphatic heterocycles. The van der Waals surface area contributed by atoms with E-state index in [2.05, 4.69) is 11.4 Å². The van der Waals surface area contributed by atoms with Crippen LogP contribution in [-0.4, -0.2) is 12.0 Å². The topological polar surface area (TPSA) is 88.2 Å². The van der Waals surface area contributed by atoms with Crippen molar-refractivity contribution in [3.63, 3.8) is 0 Å². The highest BCUT2D eigenvalue weighted by Gasteiger charge is 2.44. The molecule has 6 nitrogen and oxygen atoms in total. The van der Waals surface area contributed by atoms with Crippen LogP contribution in [0.3, 0.4) is 0 Å². The number of hydrogen-bond donors (Lipinski definition) is 1. The predicted octanol–water partition coefficient (Wildman–Crippen LogP) is 4.44. The Morgan fingerprint density at radius 1 is 1.19 bits per heavy atom. The molecule has 1 unspecified atom stereocenters. The zero-order valence-corrected chi connectivity index (χ0v) is 15.7. The van der Waals surface area contributed by atoms with Crippen molar-refractivity contribution in [3.8, 4) is 6.07 Å². The van der Waals surface area contributed by atoms with Gasteiger partial charge in [-0.05, 0) is 16.3 Å². The van der Waals surface area contributed by atoms with Crippen molar-refractivity contribution in [3.05, 3.63) is 81.1 Å². The van der Waals surface area contributed by atoms with Gasteiger partial charge in [0, 0.05) is 12.5 Å². The maximum absolute atomic E-state index is 12.0. The Bertz CT molecular complexity index is 1020. The first kappa shape index (κ1) is 18.5. The minimum Gasteiger partial charge on any atom is -0.438 e. The summed E-state index contributed by atoms with van der Waals surface area (Å²) in [6, 6.07) is 15.5. The molecule has 1 N–H and O–H groups in total. The highest BCUT2D eigenvalue weighted by atomic mass is 16.6. The molecule has 2 aromatic carbocycles. The molecule has 2 aromatic rings. The van der Waals surface area contributed by atoms with Crippen molar-refractivity contribution in [1.82, 2.24) is 5.32 Å². The molecule has 0 fully saturated rings. The van der Waals surface area contributed by atoms with Gasteiger partial charge in [-0.1, -0.05) is 63.2 Å². The first-order valence-corrected chi connectivity index (χ1v) is 8.66. The Labute approximate surface area is 157 Å². The number of hydrogen-bond acceptors (Lipinski definition) is 5. The van der Waals surface area contributed by atoms with E-state index in [0.717, 1.165) is 10.8 Å². The lowest BCUT2D eigenvalue weighted by atomic mass is 9.79. The van der Waals surface area contributed by atoms with Crippen molar-refractivity contribution in [2.24, 2.45) is 5.41 Å². The smallest absolute Gasteiger partial charge is 0.318 e. The molecule has 0 aromatic heterocycles. The van der Waals surface area contributed by atoms with Crippen LogP contribution >= 0.6 is 0 Å². The summed E-state index contributed by atoms with van der Waals surface area (Å²) in [6.45, 7) is 5.76. The molecule has 138 valence electrons. The van der Waals surface area contributed by atoms with Crippen LogP contribution in [0.15, 0.2) is 65.4 Å². The third-order valence-corrected chi connectivity index (χ3v) is 4.60. The molecule has 0 bridgehead atoms. The molecule has 0 aliphatic carbocycles. The zero-order valence-electron chi connectivity index (χ0n) is 15.7. The monoisotopic (exact) mass is 363 g/mol. The first-order chi connectivity index (χ1) is 12.8. The van der Waals surface area contributed by atoms with E-state index in [1.165, 1.54) is 0 Å². The molecule has 1 heterocycles. The maximum atomic E-state index is 12.0. The second-order valence-electron chi connectivity index (χ2n) is 7.43. The van der Waals surface area contributed by atoms with Gasteiger partial charge in [0.15, 0.2) is 0 Å². The molecule has 3 rings (SSSR count). The number of ether oxygens (including phenoxy) is 1. The van der Waals surface area contributed by atoms with Crippen LogP contribution in [0.2, 0.25) is 0 Å². The molecule has 27 heavy (non-hydrogen) atoms. The number of nitrogens with one attached hydrogen (secondary N) is 1. The highest BCUT2D eigenvalue weighted by Crippen LogP contribution is 2.46. The minimum absolute atomic E-state index is 0.0712. The van der Waals surface area contributed by atoms with E-state index in [0.29, 0.717) is 11.3 Å². The second-order valence-corrected chi connectivity index (χ2v) is 7.43. The lowest BCUT2D eigenvalue weighted by Crippen LogP contribution is -2.30. The van der Waals surface area contributed by atoms with Crippen molar-refractivity contribution < 1.29 is 9.66 Å². The Morgan fingerprint density at radius 2 is 1.85 bits per heavy atom. The SMILES string of the molecule is CNC1=C([N+](=O)[O-])C(c2cccc3ccccc23)C(C#N)=C(C(C)(C)C)O1. The van der Waals surface area contributed by atoms with Gasteiger partial charge in [0.05, 0.1) is 16.6 Å². The fraction of sp³-hybridized carbons (Fsp3) is 0.286. The normalized spacial score (nSPS) is 17.5. The van der Waals surface area contributed by atoms with E-state index in [1.807, 2.05) is 63.2 Å². The van der Waals surface area contributed by atoms with Gasteiger partial charge in [-0.3, -0.25) is 10.1 Å². The van der Waals surface area contributed by atoms with Gasteiger partial charge in [-0.15, -0.1) is 0 Å². The molecular weight excluding hydrogens is 342 g/mol. The average molecular weight is 363 g/mol. The van der Waals surface area contributed by atoms with E-state index in [4.69, 9.17) is 4.74 Å². The molecule has 1 atom stereocenters. The van der Waals surface area contributed by atoms with Crippen LogP contribution < -0.4 is 5.32 Å². The molecule has 0 saturated heterocycles. The van der Waals surface area contributed by atoms with Crippen molar-refractivity contribution in [2.45, 2.75) is 26.7 Å². The third-order valence-electron chi connectivity index (χ3n) is 4.60. The van der Waals surface area contributed by atoms with Crippen LogP contribution in [-0.2, 0) is 4.74 Å². The summed E-state index contributed by atoms with van der Waals surface area (Å²) in [6.07, 6.45) is 0. The lowest BCUT2D eigenvalue weighted by Gasteiger charge is -2.31. The van der Waals surface area contributed by atoms with Crippen LogP contribution in [0.1, 0.15) is 32.3 Å². The largest absolute Gasteiger partial charge is 0.438 e. The molecule has 6 heteroatoms. The predicted molar refractivity (Wildman–Crippen MR) is 103 cm³/mol. The van der Waals surface area contributed by atoms with Gasteiger partial charge in [0.2, 0.25) is 0 Å². The molecule has 0 amide bonds. The zero-order chi connectivity index (χ0) is 19.8. The number of benzene rings is 2. The number of fused-ring (bicyclic) bond motifs is 1. The standard InChI is InChI=1S/C21H21N3O3/c1-21(2,3)19-16(12-22)17(18(24(25)26)20(23-4)27-19)15-11-7-9-13-8-5-6-10-14(13)15/h5-11,17,23H,1-4H3. The van der Waals surface area contributed by atoms with Crippen LogP contribution in [0, 0.1) is 26.9 Å². The Morgan fingerprint density at radius 3 is 2.44 bits per heavy atom. The molecule has 0 saturated carbocycles. The summed E-state index contributed by atoms with van der Waals surface area (Å²) in [5.41, 5.74) is 0.343. The number of nitrogens with zero attached hydrogens (tertiary/aromatic N) is 2. The quantitative estimate of drug-likeness (QED) is 0.643. The number of nitro groups is 1. The van der Waals surface area contributed by atoms with Gasteiger partial charge < -0.3 is 10.1 Å². The van der Waals surface area contributed by atoms with E-state index in [9.17, 15) is 15.4 Å². The Hall–Kier alpha value is -3.33. The fourth-order valence-electron chi connectivity index (χ4n) is 3.45. The van der Waals surface area contributed by atoms with Gasteiger partial charge in [-0.25, -0.2) is 0 Å². The Balaban J connectivity index is 2.40. The lowest BCUT2D eigenvalue weighted by molar-refractivity contribution is -0.433. The number of nitriles is 1. The summed E-state index contributed by atoms with van der Waals surface area (Å²) in [5, 5.41) is 26.5. The van der Waals surface area contributed by atoms with E-state index in [1.54, 1.807) is 7.05 Å². The van der Waals surface area contributed by atoms with E-state index in [-0.39, 0.29) is 17.2 Å².